The summed E-state index contributed by atoms with van der Waals surface area (Å²) >= 11 is 0. The van der Waals surface area contributed by atoms with Gasteiger partial charge in [-0.05, 0) is 66.8 Å². The number of nitrogens with zero attached hydrogens (tertiary/aromatic N) is 3. The summed E-state index contributed by atoms with van der Waals surface area (Å²) in [6.45, 7) is 3.79. The second kappa shape index (κ2) is 13.1. The number of carboxylic acid groups (broad SMARTS) is 1. The molecule has 1 aliphatic carbocycles. The highest BCUT2D eigenvalue weighted by Gasteiger charge is 2.30. The van der Waals surface area contributed by atoms with Crippen molar-refractivity contribution in [3.8, 4) is 22.8 Å². The first kappa shape index (κ1) is 32.2. The van der Waals surface area contributed by atoms with Gasteiger partial charge in [-0.1, -0.05) is 19.3 Å². The molecule has 46 heavy (non-hydrogen) atoms. The molecule has 2 fully saturated rings. The number of carbonyl (C=O) groups is 1. The molecule has 4 heterocycles. The Morgan fingerprint density at radius 2 is 1.78 bits per heavy atom. The van der Waals surface area contributed by atoms with E-state index in [-0.39, 0.29) is 29.6 Å². The minimum absolute atomic E-state index is 0. The zero-order valence-electron chi connectivity index (χ0n) is 25.7. The standard InChI is InChI=1S/C34H37N3O7S.ClH/c1-45(40,41)25-8-12-29(36-13-16-42-17-14-36)23(19-25)21-44-24-7-9-26-30(20-24)43-18-15-37-32(26)31(22-5-3-2-4-6-22)27-10-11-28(34(38)39)35-33(27)37;/h7-12,19-20,22H,2-6,13-18,21H2,1H3,(H,38,39);1H. The maximum Gasteiger partial charge on any atom is 0.354 e. The van der Waals surface area contributed by atoms with Crippen molar-refractivity contribution >= 4 is 44.9 Å². The molecule has 0 bridgehead atoms. The first-order valence-electron chi connectivity index (χ1n) is 15.6. The fourth-order valence-electron chi connectivity index (χ4n) is 7.01. The summed E-state index contributed by atoms with van der Waals surface area (Å²) in [5.41, 5.74) is 5.64. The highest BCUT2D eigenvalue weighted by molar-refractivity contribution is 7.90. The van der Waals surface area contributed by atoms with E-state index < -0.39 is 15.8 Å². The van der Waals surface area contributed by atoms with Crippen LogP contribution in [-0.2, 0) is 27.7 Å². The number of anilines is 1. The lowest BCUT2D eigenvalue weighted by Gasteiger charge is -2.30. The lowest BCUT2D eigenvalue weighted by atomic mass is 9.82. The first-order chi connectivity index (χ1) is 21.8. The summed E-state index contributed by atoms with van der Waals surface area (Å²) in [6, 6.07) is 14.6. The van der Waals surface area contributed by atoms with E-state index in [0.717, 1.165) is 53.8 Å². The van der Waals surface area contributed by atoms with Gasteiger partial charge in [-0.2, -0.15) is 0 Å². The summed E-state index contributed by atoms with van der Waals surface area (Å²) < 4.78 is 45.0. The van der Waals surface area contributed by atoms with Crippen LogP contribution in [0.4, 0.5) is 5.69 Å². The number of fused-ring (bicyclic) bond motifs is 5. The smallest absolute Gasteiger partial charge is 0.354 e. The third-order valence-electron chi connectivity index (χ3n) is 9.18. The molecule has 2 aliphatic heterocycles. The van der Waals surface area contributed by atoms with Crippen molar-refractivity contribution in [3.63, 3.8) is 0 Å². The zero-order valence-corrected chi connectivity index (χ0v) is 27.4. The zero-order chi connectivity index (χ0) is 31.1. The lowest BCUT2D eigenvalue weighted by Crippen LogP contribution is -2.36. The average molecular weight is 668 g/mol. The molecule has 2 aromatic carbocycles. The third kappa shape index (κ3) is 6.15. The Balaban J connectivity index is 0.00000372. The van der Waals surface area contributed by atoms with Crippen molar-refractivity contribution in [1.29, 1.82) is 0 Å². The van der Waals surface area contributed by atoms with Crippen LogP contribution in [0.2, 0.25) is 0 Å². The molecule has 10 nitrogen and oxygen atoms in total. The minimum Gasteiger partial charge on any atom is -0.491 e. The van der Waals surface area contributed by atoms with Gasteiger partial charge in [0.25, 0.3) is 0 Å². The number of benzene rings is 2. The van der Waals surface area contributed by atoms with Crippen LogP contribution in [0.1, 0.15) is 59.6 Å². The summed E-state index contributed by atoms with van der Waals surface area (Å²) in [7, 11) is -3.39. The van der Waals surface area contributed by atoms with Crippen molar-refractivity contribution in [3.05, 3.63) is 65.4 Å². The molecule has 3 aliphatic rings. The van der Waals surface area contributed by atoms with Gasteiger partial charge in [0.05, 0.1) is 30.3 Å². The van der Waals surface area contributed by atoms with Gasteiger partial charge in [-0.3, -0.25) is 0 Å². The second-order valence-corrected chi connectivity index (χ2v) is 14.1. The van der Waals surface area contributed by atoms with E-state index in [1.54, 1.807) is 18.2 Å². The van der Waals surface area contributed by atoms with Gasteiger partial charge in [0.2, 0.25) is 0 Å². The van der Waals surface area contributed by atoms with E-state index in [1.807, 2.05) is 30.3 Å². The molecule has 2 aromatic heterocycles. The van der Waals surface area contributed by atoms with Gasteiger partial charge < -0.3 is 28.8 Å². The van der Waals surface area contributed by atoms with E-state index in [1.165, 1.54) is 31.1 Å². The van der Waals surface area contributed by atoms with Gasteiger partial charge in [-0.15, -0.1) is 12.4 Å². The maximum atomic E-state index is 12.4. The minimum atomic E-state index is -3.39. The topological polar surface area (TPSA) is 120 Å². The van der Waals surface area contributed by atoms with E-state index in [0.29, 0.717) is 49.4 Å². The van der Waals surface area contributed by atoms with Crippen LogP contribution in [0.3, 0.4) is 0 Å². The van der Waals surface area contributed by atoms with E-state index in [9.17, 15) is 18.3 Å². The monoisotopic (exact) mass is 667 g/mol. The number of carboxylic acids is 1. The quantitative estimate of drug-likeness (QED) is 0.250. The molecule has 0 radical (unpaired) electrons. The molecular weight excluding hydrogens is 630 g/mol. The van der Waals surface area contributed by atoms with E-state index >= 15 is 0 Å². The Labute approximate surface area is 274 Å². The normalized spacial score (nSPS) is 16.9. The Morgan fingerprint density at radius 1 is 1.00 bits per heavy atom. The molecule has 12 heteroatoms. The Kier molecular flexibility index (Phi) is 9.18. The number of aromatic nitrogens is 2. The molecule has 1 N–H and O–H groups in total. The molecule has 244 valence electrons. The summed E-state index contributed by atoms with van der Waals surface area (Å²) in [4.78, 5) is 18.9. The summed E-state index contributed by atoms with van der Waals surface area (Å²) in [5, 5.41) is 10.7. The molecule has 0 atom stereocenters. The van der Waals surface area contributed by atoms with Crippen LogP contribution in [0.25, 0.3) is 22.3 Å². The van der Waals surface area contributed by atoms with Crippen LogP contribution in [0.5, 0.6) is 11.5 Å². The number of hydrogen-bond acceptors (Lipinski definition) is 8. The fourth-order valence-corrected chi connectivity index (χ4v) is 7.68. The highest BCUT2D eigenvalue weighted by atomic mass is 35.5. The van der Waals surface area contributed by atoms with Crippen LogP contribution in [0.15, 0.2) is 53.4 Å². The van der Waals surface area contributed by atoms with Crippen molar-refractivity contribution in [2.45, 2.75) is 56.1 Å². The first-order valence-corrected chi connectivity index (χ1v) is 17.5. The van der Waals surface area contributed by atoms with Crippen molar-refractivity contribution in [1.82, 2.24) is 9.55 Å². The van der Waals surface area contributed by atoms with Crippen molar-refractivity contribution < 1.29 is 32.5 Å². The molecule has 7 rings (SSSR count). The molecule has 4 aromatic rings. The highest BCUT2D eigenvalue weighted by Crippen LogP contribution is 2.47. The number of sulfone groups is 1. The maximum absolute atomic E-state index is 12.4. The second-order valence-electron chi connectivity index (χ2n) is 12.1. The number of halogens is 1. The van der Waals surface area contributed by atoms with Gasteiger partial charge in [0.1, 0.15) is 30.4 Å². The van der Waals surface area contributed by atoms with Crippen LogP contribution in [-0.4, -0.2) is 68.2 Å². The number of ether oxygens (including phenoxy) is 3. The number of pyridine rings is 1. The average Bonchev–Trinajstić information content (AvgIpc) is 3.25. The lowest BCUT2D eigenvalue weighted by molar-refractivity contribution is 0.0690. The Bertz CT molecular complexity index is 1880. The molecule has 0 amide bonds. The largest absolute Gasteiger partial charge is 0.491 e. The van der Waals surface area contributed by atoms with Crippen LogP contribution >= 0.6 is 12.4 Å². The number of rotatable bonds is 7. The van der Waals surface area contributed by atoms with Gasteiger partial charge in [-0.25, -0.2) is 18.2 Å². The predicted molar refractivity (Wildman–Crippen MR) is 178 cm³/mol. The van der Waals surface area contributed by atoms with Crippen LogP contribution in [0, 0.1) is 0 Å². The van der Waals surface area contributed by atoms with Gasteiger partial charge in [0, 0.05) is 47.6 Å². The molecule has 0 spiro atoms. The predicted octanol–water partition coefficient (Wildman–Crippen LogP) is 6.08. The van der Waals surface area contributed by atoms with Crippen LogP contribution < -0.4 is 14.4 Å². The third-order valence-corrected chi connectivity index (χ3v) is 10.3. The number of morpholine rings is 1. The van der Waals surface area contributed by atoms with Crippen molar-refractivity contribution in [2.75, 3.05) is 44.1 Å². The number of hydrogen-bond donors (Lipinski definition) is 1. The Hall–Kier alpha value is -3.80. The molecule has 1 saturated heterocycles. The van der Waals surface area contributed by atoms with Gasteiger partial charge >= 0.3 is 5.97 Å². The van der Waals surface area contributed by atoms with Crippen molar-refractivity contribution in [2.24, 2.45) is 0 Å². The fraction of sp³-hybridized carbons (Fsp3) is 0.412. The number of aromatic carboxylic acids is 1. The summed E-state index contributed by atoms with van der Waals surface area (Å²) in [5.74, 6) is 0.625. The van der Waals surface area contributed by atoms with E-state index in [2.05, 4.69) is 14.5 Å². The molecule has 1 saturated carbocycles. The van der Waals surface area contributed by atoms with Gasteiger partial charge in [0.15, 0.2) is 15.5 Å². The summed E-state index contributed by atoms with van der Waals surface area (Å²) in [6.07, 6.45) is 6.95. The molecule has 0 unspecified atom stereocenters. The molecular formula is C34H38ClN3O7S. The Morgan fingerprint density at radius 3 is 2.52 bits per heavy atom. The van der Waals surface area contributed by atoms with E-state index in [4.69, 9.17) is 14.2 Å². The SMILES string of the molecule is CS(=O)(=O)c1ccc(N2CCOCC2)c(COc2ccc3c(c2)OCCn2c-3c(C3CCCCC3)c3ccc(C(=O)O)nc32)c1.Cl.